The van der Waals surface area contributed by atoms with Gasteiger partial charge in [0.05, 0.1) is 0 Å². The number of rotatable bonds is 4. The summed E-state index contributed by atoms with van der Waals surface area (Å²) < 4.78 is 12.9. The molecule has 2 aromatic carbocycles. The van der Waals surface area contributed by atoms with Crippen LogP contribution < -0.4 is 11.1 Å². The zero-order valence-corrected chi connectivity index (χ0v) is 11.9. The maximum atomic E-state index is 12.9. The van der Waals surface area contributed by atoms with Crippen molar-refractivity contribution in [3.8, 4) is 5.75 Å². The van der Waals surface area contributed by atoms with Crippen LogP contribution in [0.4, 0.5) is 10.1 Å². The Kier molecular flexibility index (Phi) is 4.12. The van der Waals surface area contributed by atoms with Crippen LogP contribution in [0.15, 0.2) is 36.4 Å². The van der Waals surface area contributed by atoms with E-state index in [9.17, 15) is 14.3 Å². The third kappa shape index (κ3) is 3.31. The number of aromatic hydroxyl groups is 1. The molecule has 0 spiro atoms. The Morgan fingerprint density at radius 1 is 1.19 bits per heavy atom. The molecular formula is C16H17FN2O2. The van der Waals surface area contributed by atoms with Crippen LogP contribution in [-0.2, 0) is 4.79 Å². The van der Waals surface area contributed by atoms with Gasteiger partial charge in [-0.3, -0.25) is 4.79 Å². The first-order valence-electron chi connectivity index (χ1n) is 6.50. The van der Waals surface area contributed by atoms with Crippen molar-refractivity contribution >= 4 is 11.6 Å². The largest absolute Gasteiger partial charge is 0.507 e. The molecule has 0 aromatic heterocycles. The molecule has 0 saturated heterocycles. The Hall–Kier alpha value is -2.56. The van der Waals surface area contributed by atoms with Crippen LogP contribution in [0.1, 0.15) is 22.7 Å². The summed E-state index contributed by atoms with van der Waals surface area (Å²) in [5.41, 5.74) is 8.01. The van der Waals surface area contributed by atoms with Crippen molar-refractivity contribution in [2.24, 2.45) is 5.73 Å². The van der Waals surface area contributed by atoms with E-state index in [1.807, 2.05) is 0 Å². The molecule has 0 aliphatic rings. The molecule has 4 nitrogen and oxygen atoms in total. The van der Waals surface area contributed by atoms with Crippen LogP contribution in [-0.4, -0.2) is 11.0 Å². The number of halogens is 1. The van der Waals surface area contributed by atoms with Gasteiger partial charge in [0.2, 0.25) is 5.91 Å². The first-order chi connectivity index (χ1) is 9.88. The summed E-state index contributed by atoms with van der Waals surface area (Å²) in [7, 11) is 0. The van der Waals surface area contributed by atoms with Crippen molar-refractivity contribution in [2.75, 3.05) is 5.32 Å². The number of aryl methyl sites for hydroxylation is 2. The number of amides is 1. The zero-order valence-electron chi connectivity index (χ0n) is 11.9. The Morgan fingerprint density at radius 3 is 2.19 bits per heavy atom. The molecule has 1 unspecified atom stereocenters. The van der Waals surface area contributed by atoms with Crippen molar-refractivity contribution in [3.63, 3.8) is 0 Å². The quantitative estimate of drug-likeness (QED) is 0.809. The molecule has 2 rings (SSSR count). The number of hydrogen-bond acceptors (Lipinski definition) is 3. The van der Waals surface area contributed by atoms with E-state index in [0.29, 0.717) is 22.4 Å². The second-order valence-corrected chi connectivity index (χ2v) is 4.99. The van der Waals surface area contributed by atoms with Gasteiger partial charge >= 0.3 is 0 Å². The lowest BCUT2D eigenvalue weighted by Crippen LogP contribution is -2.27. The smallest absolute Gasteiger partial charge is 0.244 e. The maximum absolute atomic E-state index is 12.9. The van der Waals surface area contributed by atoms with Gasteiger partial charge in [0.15, 0.2) is 0 Å². The normalized spacial score (nSPS) is 12.0. The summed E-state index contributed by atoms with van der Waals surface area (Å²) in [6, 6.07) is 8.31. The lowest BCUT2D eigenvalue weighted by atomic mass is 9.99. The zero-order chi connectivity index (χ0) is 15.6. The SMILES string of the molecule is Cc1cc(C(Nc2ccc(F)cc2)C(N)=O)cc(C)c1O. The van der Waals surface area contributed by atoms with Gasteiger partial charge in [0.1, 0.15) is 17.6 Å². The van der Waals surface area contributed by atoms with E-state index in [-0.39, 0.29) is 11.6 Å². The minimum atomic E-state index is -0.756. The van der Waals surface area contributed by atoms with Crippen LogP contribution in [0.3, 0.4) is 0 Å². The Balaban J connectivity index is 2.35. The molecule has 0 heterocycles. The van der Waals surface area contributed by atoms with Gasteiger partial charge in [-0.15, -0.1) is 0 Å². The second-order valence-electron chi connectivity index (χ2n) is 4.99. The molecule has 5 heteroatoms. The van der Waals surface area contributed by atoms with E-state index >= 15 is 0 Å². The number of nitrogens with two attached hydrogens (primary N) is 1. The van der Waals surface area contributed by atoms with Crippen molar-refractivity contribution in [3.05, 3.63) is 58.9 Å². The minimum absolute atomic E-state index is 0.198. The molecule has 0 aliphatic carbocycles. The van der Waals surface area contributed by atoms with Gasteiger partial charge in [-0.1, -0.05) is 0 Å². The third-order valence-electron chi connectivity index (χ3n) is 3.29. The van der Waals surface area contributed by atoms with Crippen molar-refractivity contribution in [1.29, 1.82) is 0 Å². The molecular weight excluding hydrogens is 271 g/mol. The molecule has 4 N–H and O–H groups in total. The van der Waals surface area contributed by atoms with Gasteiger partial charge in [0.25, 0.3) is 0 Å². The van der Waals surface area contributed by atoms with Crippen molar-refractivity contribution in [1.82, 2.24) is 0 Å². The number of primary amides is 1. The summed E-state index contributed by atoms with van der Waals surface area (Å²) >= 11 is 0. The molecule has 0 fully saturated rings. The van der Waals surface area contributed by atoms with E-state index in [2.05, 4.69) is 5.32 Å². The number of benzene rings is 2. The second kappa shape index (κ2) is 5.83. The fourth-order valence-corrected chi connectivity index (χ4v) is 2.19. The molecule has 0 aliphatic heterocycles. The number of hydrogen-bond donors (Lipinski definition) is 3. The first-order valence-corrected chi connectivity index (χ1v) is 6.50. The van der Waals surface area contributed by atoms with Crippen LogP contribution >= 0.6 is 0 Å². The summed E-state index contributed by atoms with van der Waals surface area (Å²) in [5.74, 6) is -0.708. The monoisotopic (exact) mass is 288 g/mol. The number of carbonyl (C=O) groups excluding carboxylic acids is 1. The predicted octanol–water partition coefficient (Wildman–Crippen LogP) is 2.79. The highest BCUT2D eigenvalue weighted by Gasteiger charge is 2.19. The molecule has 0 radical (unpaired) electrons. The van der Waals surface area contributed by atoms with E-state index in [1.54, 1.807) is 26.0 Å². The number of nitrogens with one attached hydrogen (secondary N) is 1. The molecule has 1 atom stereocenters. The van der Waals surface area contributed by atoms with Gasteiger partial charge in [-0.05, 0) is 66.9 Å². The van der Waals surface area contributed by atoms with E-state index in [4.69, 9.17) is 5.73 Å². The van der Waals surface area contributed by atoms with Crippen molar-refractivity contribution in [2.45, 2.75) is 19.9 Å². The van der Waals surface area contributed by atoms with Gasteiger partial charge in [0, 0.05) is 5.69 Å². The van der Waals surface area contributed by atoms with Gasteiger partial charge in [-0.25, -0.2) is 4.39 Å². The molecule has 21 heavy (non-hydrogen) atoms. The highest BCUT2D eigenvalue weighted by molar-refractivity contribution is 5.84. The fourth-order valence-electron chi connectivity index (χ4n) is 2.19. The topological polar surface area (TPSA) is 75.3 Å². The molecule has 2 aromatic rings. The van der Waals surface area contributed by atoms with Crippen molar-refractivity contribution < 1.29 is 14.3 Å². The summed E-state index contributed by atoms with van der Waals surface area (Å²) in [5, 5.41) is 12.8. The maximum Gasteiger partial charge on any atom is 0.244 e. The molecule has 1 amide bonds. The standard InChI is InChI=1S/C16H17FN2O2/c1-9-7-11(8-10(2)15(9)20)14(16(18)21)19-13-5-3-12(17)4-6-13/h3-8,14,19-20H,1-2H3,(H2,18,21). The Labute approximate surface area is 122 Å². The van der Waals surface area contributed by atoms with Crippen LogP contribution in [0.5, 0.6) is 5.75 Å². The van der Waals surface area contributed by atoms with Crippen LogP contribution in [0, 0.1) is 19.7 Å². The van der Waals surface area contributed by atoms with E-state index in [1.165, 1.54) is 24.3 Å². The molecule has 110 valence electrons. The van der Waals surface area contributed by atoms with Crippen LogP contribution in [0.2, 0.25) is 0 Å². The minimum Gasteiger partial charge on any atom is -0.507 e. The Morgan fingerprint density at radius 2 is 1.71 bits per heavy atom. The third-order valence-corrected chi connectivity index (χ3v) is 3.29. The molecule has 0 bridgehead atoms. The van der Waals surface area contributed by atoms with Gasteiger partial charge < -0.3 is 16.2 Å². The highest BCUT2D eigenvalue weighted by Crippen LogP contribution is 2.28. The number of phenols is 1. The van der Waals surface area contributed by atoms with Gasteiger partial charge in [-0.2, -0.15) is 0 Å². The van der Waals surface area contributed by atoms with Crippen LogP contribution in [0.25, 0.3) is 0 Å². The summed E-state index contributed by atoms with van der Waals surface area (Å²) in [6.07, 6.45) is 0. The number of anilines is 1. The highest BCUT2D eigenvalue weighted by atomic mass is 19.1. The summed E-state index contributed by atoms with van der Waals surface area (Å²) in [4.78, 5) is 11.7. The lowest BCUT2D eigenvalue weighted by Gasteiger charge is -2.19. The number of carbonyl (C=O) groups is 1. The average Bonchev–Trinajstić information content (AvgIpc) is 2.43. The predicted molar refractivity (Wildman–Crippen MR) is 79.5 cm³/mol. The number of phenolic OH excluding ortho intramolecular Hbond substituents is 1. The Bertz CT molecular complexity index is 645. The lowest BCUT2D eigenvalue weighted by molar-refractivity contribution is -0.118. The molecule has 0 saturated carbocycles. The van der Waals surface area contributed by atoms with E-state index in [0.717, 1.165) is 0 Å². The first kappa shape index (κ1) is 14.8. The average molecular weight is 288 g/mol. The fraction of sp³-hybridized carbons (Fsp3) is 0.188. The summed E-state index contributed by atoms with van der Waals surface area (Å²) in [6.45, 7) is 3.50. The van der Waals surface area contributed by atoms with E-state index < -0.39 is 11.9 Å².